The lowest BCUT2D eigenvalue weighted by molar-refractivity contribution is 0.0950. The van der Waals surface area contributed by atoms with Gasteiger partial charge < -0.3 is 5.32 Å². The summed E-state index contributed by atoms with van der Waals surface area (Å²) in [7, 11) is 0. The molecule has 1 N–H and O–H groups in total. The maximum atomic E-state index is 13.6. The Morgan fingerprint density at radius 2 is 1.81 bits per heavy atom. The van der Waals surface area contributed by atoms with Gasteiger partial charge in [0.25, 0.3) is 5.91 Å². The van der Waals surface area contributed by atoms with Crippen LogP contribution in [0.25, 0.3) is 0 Å². The highest BCUT2D eigenvalue weighted by Gasteiger charge is 2.11. The highest BCUT2D eigenvalue weighted by Crippen LogP contribution is 2.19. The Kier molecular flexibility index (Phi) is 4.78. The molecule has 0 bridgehead atoms. The van der Waals surface area contributed by atoms with Gasteiger partial charge in [-0.05, 0) is 55.2 Å². The zero-order chi connectivity index (χ0) is 15.6. The molecule has 2 rings (SSSR count). The van der Waals surface area contributed by atoms with Gasteiger partial charge in [0.05, 0.1) is 0 Å². The molecule has 0 aliphatic carbocycles. The Hall–Kier alpha value is -1.68. The molecule has 0 saturated carbocycles. The topological polar surface area (TPSA) is 29.1 Å². The number of nitrogens with one attached hydrogen (secondary N) is 1. The predicted octanol–water partition coefficient (Wildman–Crippen LogP) is 4.44. The zero-order valence-corrected chi connectivity index (χ0v) is 13.8. The van der Waals surface area contributed by atoms with Gasteiger partial charge in [0, 0.05) is 16.6 Å². The van der Waals surface area contributed by atoms with Gasteiger partial charge in [-0.1, -0.05) is 34.1 Å². The molecule has 0 heterocycles. The molecule has 4 heteroatoms. The molecule has 0 aliphatic heterocycles. The molecule has 0 aromatic heterocycles. The number of carbonyl (C=O) groups is 1. The fourth-order valence-corrected chi connectivity index (χ4v) is 2.63. The van der Waals surface area contributed by atoms with E-state index in [4.69, 9.17) is 0 Å². The minimum absolute atomic E-state index is 0.131. The number of halogens is 2. The molecule has 2 aromatic rings. The van der Waals surface area contributed by atoms with Gasteiger partial charge in [0.1, 0.15) is 5.82 Å². The Morgan fingerprint density at radius 1 is 1.19 bits per heavy atom. The van der Waals surface area contributed by atoms with Crippen LogP contribution < -0.4 is 5.32 Å². The highest BCUT2D eigenvalue weighted by molar-refractivity contribution is 9.10. The Labute approximate surface area is 132 Å². The second-order valence-corrected chi connectivity index (χ2v) is 5.99. The summed E-state index contributed by atoms with van der Waals surface area (Å²) in [6.45, 7) is 5.73. The van der Waals surface area contributed by atoms with Crippen molar-refractivity contribution in [3.8, 4) is 0 Å². The van der Waals surface area contributed by atoms with E-state index in [0.717, 1.165) is 15.6 Å². The van der Waals surface area contributed by atoms with Crippen molar-refractivity contribution in [1.29, 1.82) is 0 Å². The monoisotopic (exact) mass is 349 g/mol. The quantitative estimate of drug-likeness (QED) is 0.871. The summed E-state index contributed by atoms with van der Waals surface area (Å²) < 4.78 is 14.5. The summed E-state index contributed by atoms with van der Waals surface area (Å²) in [4.78, 5) is 12.2. The lowest BCUT2D eigenvalue weighted by Gasteiger charge is -2.10. The van der Waals surface area contributed by atoms with Crippen LogP contribution in [-0.4, -0.2) is 5.91 Å². The maximum Gasteiger partial charge on any atom is 0.251 e. The second-order valence-electron chi connectivity index (χ2n) is 5.14. The van der Waals surface area contributed by atoms with E-state index < -0.39 is 0 Å². The van der Waals surface area contributed by atoms with Crippen LogP contribution in [0.1, 0.15) is 32.6 Å². The van der Waals surface area contributed by atoms with Gasteiger partial charge >= 0.3 is 0 Å². The van der Waals surface area contributed by atoms with Gasteiger partial charge in [-0.15, -0.1) is 0 Å². The predicted molar refractivity (Wildman–Crippen MR) is 85.9 cm³/mol. The molecular formula is C17H17BrFNO. The molecule has 0 spiro atoms. The van der Waals surface area contributed by atoms with Crippen molar-refractivity contribution in [1.82, 2.24) is 5.32 Å². The number of rotatable bonds is 3. The summed E-state index contributed by atoms with van der Waals surface area (Å²) >= 11 is 3.42. The first kappa shape index (κ1) is 15.7. The highest BCUT2D eigenvalue weighted by atomic mass is 79.9. The molecule has 0 saturated heterocycles. The number of carbonyl (C=O) groups excluding carboxylic acids is 1. The number of hydrogen-bond donors (Lipinski definition) is 1. The van der Waals surface area contributed by atoms with E-state index in [9.17, 15) is 9.18 Å². The van der Waals surface area contributed by atoms with Crippen LogP contribution >= 0.6 is 15.9 Å². The van der Waals surface area contributed by atoms with Crippen LogP contribution in [0.2, 0.25) is 0 Å². The average molecular weight is 350 g/mol. The van der Waals surface area contributed by atoms with E-state index >= 15 is 0 Å². The Morgan fingerprint density at radius 3 is 2.43 bits per heavy atom. The Bertz CT molecular complexity index is 674. The summed E-state index contributed by atoms with van der Waals surface area (Å²) in [6.07, 6.45) is 0. The van der Waals surface area contributed by atoms with E-state index in [1.54, 1.807) is 32.0 Å². The molecule has 110 valence electrons. The van der Waals surface area contributed by atoms with Crippen molar-refractivity contribution >= 4 is 21.8 Å². The van der Waals surface area contributed by atoms with Crippen molar-refractivity contribution in [2.75, 3.05) is 0 Å². The summed E-state index contributed by atoms with van der Waals surface area (Å²) in [5, 5.41) is 2.87. The smallest absolute Gasteiger partial charge is 0.251 e. The van der Waals surface area contributed by atoms with E-state index in [-0.39, 0.29) is 11.7 Å². The number of aryl methyl sites for hydroxylation is 2. The van der Waals surface area contributed by atoms with E-state index in [0.29, 0.717) is 23.2 Å². The van der Waals surface area contributed by atoms with Crippen molar-refractivity contribution in [3.05, 3.63) is 68.4 Å². The van der Waals surface area contributed by atoms with E-state index in [2.05, 4.69) is 21.2 Å². The van der Waals surface area contributed by atoms with Crippen molar-refractivity contribution < 1.29 is 9.18 Å². The standard InChI is InChI=1S/C17H17BrFNO/c1-10-7-13(8-11(2)16(10)19)9-20-17(21)14-5-4-6-15(18)12(14)3/h4-8H,9H2,1-3H3,(H,20,21). The first-order valence-electron chi connectivity index (χ1n) is 6.69. The Balaban J connectivity index is 2.13. The fourth-order valence-electron chi connectivity index (χ4n) is 2.27. The van der Waals surface area contributed by atoms with Crippen LogP contribution in [0.5, 0.6) is 0 Å². The number of hydrogen-bond acceptors (Lipinski definition) is 1. The SMILES string of the molecule is Cc1cc(CNC(=O)c2cccc(Br)c2C)cc(C)c1F. The molecule has 0 radical (unpaired) electrons. The van der Waals surface area contributed by atoms with Gasteiger partial charge in [-0.3, -0.25) is 4.79 Å². The van der Waals surface area contributed by atoms with Crippen molar-refractivity contribution in [2.24, 2.45) is 0 Å². The van der Waals surface area contributed by atoms with Gasteiger partial charge in [0.15, 0.2) is 0 Å². The summed E-state index contributed by atoms with van der Waals surface area (Å²) in [5.41, 5.74) is 3.63. The fraction of sp³-hybridized carbons (Fsp3) is 0.235. The lowest BCUT2D eigenvalue weighted by atomic mass is 10.1. The average Bonchev–Trinajstić information content (AvgIpc) is 2.45. The van der Waals surface area contributed by atoms with Crippen LogP contribution in [-0.2, 0) is 6.54 Å². The minimum Gasteiger partial charge on any atom is -0.348 e. The van der Waals surface area contributed by atoms with Gasteiger partial charge in [0.2, 0.25) is 0 Å². The normalized spacial score (nSPS) is 10.5. The number of amides is 1. The van der Waals surface area contributed by atoms with Gasteiger partial charge in [-0.2, -0.15) is 0 Å². The molecule has 0 aliphatic rings. The zero-order valence-electron chi connectivity index (χ0n) is 12.3. The molecule has 0 fully saturated rings. The van der Waals surface area contributed by atoms with Crippen LogP contribution in [0.4, 0.5) is 4.39 Å². The first-order chi connectivity index (χ1) is 9.90. The van der Waals surface area contributed by atoms with Gasteiger partial charge in [-0.25, -0.2) is 4.39 Å². The van der Waals surface area contributed by atoms with Crippen molar-refractivity contribution in [2.45, 2.75) is 27.3 Å². The first-order valence-corrected chi connectivity index (χ1v) is 7.48. The molecule has 2 nitrogen and oxygen atoms in total. The third kappa shape index (κ3) is 3.50. The molecule has 21 heavy (non-hydrogen) atoms. The minimum atomic E-state index is -0.187. The van der Waals surface area contributed by atoms with E-state index in [1.165, 1.54) is 0 Å². The van der Waals surface area contributed by atoms with E-state index in [1.807, 2.05) is 19.1 Å². The second kappa shape index (κ2) is 6.39. The molecule has 0 atom stereocenters. The molecular weight excluding hydrogens is 333 g/mol. The summed E-state index contributed by atoms with van der Waals surface area (Å²) in [6, 6.07) is 9.04. The third-order valence-electron chi connectivity index (χ3n) is 3.46. The van der Waals surface area contributed by atoms with Crippen molar-refractivity contribution in [3.63, 3.8) is 0 Å². The molecule has 0 unspecified atom stereocenters. The lowest BCUT2D eigenvalue weighted by Crippen LogP contribution is -2.23. The molecule has 1 amide bonds. The van der Waals surface area contributed by atoms with Crippen LogP contribution in [0.15, 0.2) is 34.8 Å². The third-order valence-corrected chi connectivity index (χ3v) is 4.32. The van der Waals surface area contributed by atoms with Crippen LogP contribution in [0, 0.1) is 26.6 Å². The summed E-state index contributed by atoms with van der Waals surface area (Å²) in [5.74, 6) is -0.318. The molecule has 2 aromatic carbocycles. The largest absolute Gasteiger partial charge is 0.348 e. The van der Waals surface area contributed by atoms with Crippen LogP contribution in [0.3, 0.4) is 0 Å². The number of benzene rings is 2. The maximum absolute atomic E-state index is 13.6.